The van der Waals surface area contributed by atoms with Gasteiger partial charge < -0.3 is 25.2 Å². The second-order valence-corrected chi connectivity index (χ2v) is 2.92. The highest BCUT2D eigenvalue weighted by Crippen LogP contribution is 2.18. The maximum Gasteiger partial charge on any atom is 0.149 e. The Bertz CT molecular complexity index is 149. The molecule has 0 aromatic rings. The lowest BCUT2D eigenvalue weighted by Crippen LogP contribution is -2.63. The fourth-order valence-corrected chi connectivity index (χ4v) is 1.24. The smallest absolute Gasteiger partial charge is 0.149 e. The van der Waals surface area contributed by atoms with Crippen molar-refractivity contribution in [3.05, 3.63) is 0 Å². The van der Waals surface area contributed by atoms with E-state index in [0.29, 0.717) is 0 Å². The highest BCUT2D eigenvalue weighted by atomic mass is 16.6. The van der Waals surface area contributed by atoms with E-state index < -0.39 is 37.3 Å². The largest absolute Gasteiger partial charge is 0.394 e. The minimum atomic E-state index is -1.38. The molecule has 0 spiro atoms. The first-order chi connectivity index (χ1) is 6.11. The van der Waals surface area contributed by atoms with Crippen LogP contribution in [0.25, 0.3) is 0 Å². The highest BCUT2D eigenvalue weighted by Gasteiger charge is 2.42. The topological polar surface area (TPSA) is 128 Å². The van der Waals surface area contributed by atoms with Crippen molar-refractivity contribution in [2.75, 3.05) is 6.61 Å². The van der Waals surface area contributed by atoms with Crippen molar-refractivity contribution in [3.63, 3.8) is 0 Å². The Balaban J connectivity index is 2.66. The van der Waals surface area contributed by atoms with Crippen LogP contribution in [-0.2, 0) is 4.74 Å². The van der Waals surface area contributed by atoms with Gasteiger partial charge in [0.2, 0.25) is 0 Å². The molecule has 1 unspecified atom stereocenters. The minimum absolute atomic E-state index is 0.455. The summed E-state index contributed by atoms with van der Waals surface area (Å²) in [6.07, 6.45) is -5.95. The Labute approximate surface area is 74.7 Å². The molecule has 7 N–H and O–H groups in total. The molecule has 1 rings (SSSR count). The van der Waals surface area contributed by atoms with Gasteiger partial charge >= 0.3 is 0 Å². The molecular weight excluding hydrogens is 180 g/mol. The van der Waals surface area contributed by atoms with Crippen LogP contribution in [0.4, 0.5) is 0 Å². The van der Waals surface area contributed by atoms with Gasteiger partial charge in [0.1, 0.15) is 30.6 Å². The van der Waals surface area contributed by atoms with Gasteiger partial charge in [0, 0.05) is 0 Å². The summed E-state index contributed by atoms with van der Waals surface area (Å²) in [6.45, 7) is -0.455. The van der Waals surface area contributed by atoms with E-state index >= 15 is 0 Å². The normalized spacial score (nSPS) is 46.4. The third kappa shape index (κ3) is 1.97. The van der Waals surface area contributed by atoms with E-state index in [9.17, 15) is 15.3 Å². The molecular formula is C6H14N2O5. The Hall–Kier alpha value is -0.280. The van der Waals surface area contributed by atoms with Gasteiger partial charge in [-0.15, -0.1) is 0 Å². The molecule has 78 valence electrons. The Morgan fingerprint density at radius 1 is 1.15 bits per heavy atom. The summed E-state index contributed by atoms with van der Waals surface area (Å²) in [6, 6.07) is 0. The molecule has 7 heteroatoms. The number of rotatable bonds is 2. The standard InChI is InChI=1S/C6H14N2O5/c7-8-6-5(12)4(11)3(10)2(1-9)13-6/h2-6,8-12H,1,7H2/t2-,3+,4+,5-,6?/m1/s1. The van der Waals surface area contributed by atoms with Gasteiger partial charge in [-0.25, -0.2) is 5.43 Å². The van der Waals surface area contributed by atoms with E-state index in [0.717, 1.165) is 0 Å². The first kappa shape index (κ1) is 10.8. The molecule has 0 aromatic heterocycles. The van der Waals surface area contributed by atoms with Crippen LogP contribution in [0.2, 0.25) is 0 Å². The number of hydrazine groups is 1. The zero-order chi connectivity index (χ0) is 10.0. The average Bonchev–Trinajstić information content (AvgIpc) is 2.15. The maximum atomic E-state index is 9.26. The van der Waals surface area contributed by atoms with Crippen molar-refractivity contribution in [3.8, 4) is 0 Å². The van der Waals surface area contributed by atoms with Gasteiger partial charge in [-0.3, -0.25) is 5.84 Å². The quantitative estimate of drug-likeness (QED) is 0.197. The fraction of sp³-hybridized carbons (Fsp3) is 1.00. The number of ether oxygens (including phenoxy) is 1. The van der Waals surface area contributed by atoms with E-state index in [1.807, 2.05) is 0 Å². The van der Waals surface area contributed by atoms with Gasteiger partial charge in [-0.1, -0.05) is 0 Å². The van der Waals surface area contributed by atoms with Crippen LogP contribution < -0.4 is 11.3 Å². The number of aliphatic hydroxyl groups excluding tert-OH is 4. The first-order valence-electron chi connectivity index (χ1n) is 3.88. The Morgan fingerprint density at radius 3 is 2.23 bits per heavy atom. The van der Waals surface area contributed by atoms with Crippen molar-refractivity contribution in [2.24, 2.45) is 5.84 Å². The number of aliphatic hydroxyl groups is 4. The number of nitrogens with one attached hydrogen (secondary N) is 1. The van der Waals surface area contributed by atoms with E-state index in [2.05, 4.69) is 5.43 Å². The van der Waals surface area contributed by atoms with Gasteiger partial charge in [0.25, 0.3) is 0 Å². The summed E-state index contributed by atoms with van der Waals surface area (Å²) in [5.74, 6) is 5.01. The van der Waals surface area contributed by atoms with E-state index in [-0.39, 0.29) is 0 Å². The second-order valence-electron chi connectivity index (χ2n) is 2.92. The van der Waals surface area contributed by atoms with Crippen molar-refractivity contribution in [1.82, 2.24) is 5.43 Å². The summed E-state index contributed by atoms with van der Waals surface area (Å²) < 4.78 is 4.93. The third-order valence-electron chi connectivity index (χ3n) is 2.06. The lowest BCUT2D eigenvalue weighted by atomic mass is 9.99. The SMILES string of the molecule is NNC1O[C@H](CO)[C@H](O)[C@H](O)[C@H]1O. The van der Waals surface area contributed by atoms with Gasteiger partial charge in [-0.2, -0.15) is 0 Å². The molecule has 0 bridgehead atoms. The Kier molecular flexibility index (Phi) is 3.56. The fourth-order valence-electron chi connectivity index (χ4n) is 1.24. The van der Waals surface area contributed by atoms with Crippen molar-refractivity contribution in [2.45, 2.75) is 30.6 Å². The molecule has 0 saturated carbocycles. The van der Waals surface area contributed by atoms with Crippen LogP contribution in [0.1, 0.15) is 0 Å². The lowest BCUT2D eigenvalue weighted by molar-refractivity contribution is -0.236. The van der Waals surface area contributed by atoms with Crippen LogP contribution >= 0.6 is 0 Å². The third-order valence-corrected chi connectivity index (χ3v) is 2.06. The molecule has 0 aromatic carbocycles. The van der Waals surface area contributed by atoms with Crippen molar-refractivity contribution < 1.29 is 25.2 Å². The average molecular weight is 194 g/mol. The van der Waals surface area contributed by atoms with Crippen molar-refractivity contribution >= 4 is 0 Å². The van der Waals surface area contributed by atoms with Crippen LogP contribution in [0, 0.1) is 0 Å². The van der Waals surface area contributed by atoms with Crippen LogP contribution in [0.3, 0.4) is 0 Å². The predicted octanol–water partition coefficient (Wildman–Crippen LogP) is -3.75. The molecule has 1 aliphatic heterocycles. The van der Waals surface area contributed by atoms with Gasteiger partial charge in [0.05, 0.1) is 6.61 Å². The molecule has 7 nitrogen and oxygen atoms in total. The maximum absolute atomic E-state index is 9.26. The summed E-state index contributed by atoms with van der Waals surface area (Å²) in [5, 5.41) is 36.5. The van der Waals surface area contributed by atoms with Crippen LogP contribution in [0.5, 0.6) is 0 Å². The summed E-state index contributed by atoms with van der Waals surface area (Å²) in [4.78, 5) is 0. The molecule has 5 atom stereocenters. The molecule has 1 heterocycles. The molecule has 0 amide bonds. The Morgan fingerprint density at radius 2 is 1.77 bits per heavy atom. The zero-order valence-corrected chi connectivity index (χ0v) is 6.87. The van der Waals surface area contributed by atoms with E-state index in [4.69, 9.17) is 15.7 Å². The van der Waals surface area contributed by atoms with E-state index in [1.165, 1.54) is 0 Å². The zero-order valence-electron chi connectivity index (χ0n) is 6.87. The molecule has 1 fully saturated rings. The number of hydrogen-bond acceptors (Lipinski definition) is 7. The monoisotopic (exact) mass is 194 g/mol. The van der Waals surface area contributed by atoms with E-state index in [1.54, 1.807) is 0 Å². The van der Waals surface area contributed by atoms with Crippen molar-refractivity contribution in [1.29, 1.82) is 0 Å². The summed E-state index contributed by atoms with van der Waals surface area (Å²) >= 11 is 0. The molecule has 1 saturated heterocycles. The number of hydrogen-bond donors (Lipinski definition) is 6. The molecule has 13 heavy (non-hydrogen) atoms. The predicted molar refractivity (Wildman–Crippen MR) is 41.1 cm³/mol. The van der Waals surface area contributed by atoms with Gasteiger partial charge in [0.15, 0.2) is 0 Å². The first-order valence-corrected chi connectivity index (χ1v) is 3.88. The lowest BCUT2D eigenvalue weighted by Gasteiger charge is -2.39. The summed E-state index contributed by atoms with van der Waals surface area (Å²) in [5.41, 5.74) is 2.11. The number of nitrogens with two attached hydrogens (primary N) is 1. The molecule has 0 aliphatic carbocycles. The van der Waals surface area contributed by atoms with Crippen LogP contribution in [0.15, 0.2) is 0 Å². The second kappa shape index (κ2) is 4.29. The van der Waals surface area contributed by atoms with Gasteiger partial charge in [-0.05, 0) is 0 Å². The molecule has 1 aliphatic rings. The molecule has 0 radical (unpaired) electrons. The minimum Gasteiger partial charge on any atom is -0.394 e. The highest BCUT2D eigenvalue weighted by molar-refractivity contribution is 4.90. The van der Waals surface area contributed by atoms with Crippen LogP contribution in [-0.4, -0.2) is 57.7 Å². The summed E-state index contributed by atoms with van der Waals surface area (Å²) in [7, 11) is 0.